The highest BCUT2D eigenvalue weighted by molar-refractivity contribution is 5.86. The van der Waals surface area contributed by atoms with Crippen molar-refractivity contribution in [1.82, 2.24) is 9.88 Å². The van der Waals surface area contributed by atoms with Crippen LogP contribution in [-0.4, -0.2) is 44.3 Å². The molecule has 1 aliphatic rings. The third-order valence-corrected chi connectivity index (χ3v) is 5.88. The number of nitrogens with zero attached hydrogens (tertiary/aromatic N) is 1. The van der Waals surface area contributed by atoms with Crippen molar-refractivity contribution in [1.29, 1.82) is 0 Å². The molecule has 0 aliphatic carbocycles. The Morgan fingerprint density at radius 2 is 1.91 bits per heavy atom. The Balaban J connectivity index is 1.92. The van der Waals surface area contributed by atoms with Crippen molar-refractivity contribution in [3.8, 4) is 0 Å². The lowest BCUT2D eigenvalue weighted by molar-refractivity contribution is -0.131. The van der Waals surface area contributed by atoms with E-state index in [1.165, 1.54) is 0 Å². The molecule has 0 saturated heterocycles. The lowest BCUT2D eigenvalue weighted by atomic mass is 9.86. The number of hydrogen-bond donors (Lipinski definition) is 3. The van der Waals surface area contributed by atoms with Crippen LogP contribution in [0.2, 0.25) is 0 Å². The zero-order valence-electron chi connectivity index (χ0n) is 18.2. The number of H-pyrrole nitrogens is 1. The van der Waals surface area contributed by atoms with Gasteiger partial charge < -0.3 is 15.2 Å². The molecule has 1 aliphatic heterocycles. The molecular formula is C25H26F2N2O3. The van der Waals surface area contributed by atoms with Crippen molar-refractivity contribution in [2.24, 2.45) is 0 Å². The van der Waals surface area contributed by atoms with Crippen LogP contribution in [0.25, 0.3) is 17.0 Å². The standard InChI is InChI=1S/C25H26F2N2O3/c1-14-10-17-16-6-4-5-7-20(16)28-23(17)24(29(14)13-25(2,3)32)22-18(26)11-15(12-19(22)27)8-9-21(30)31/h4-9,11-12,14,24,28,32H,10,13H2,1-3H3,(H,30,31)/b9-8+/t14-,24-/m1/s1. The third kappa shape index (κ3) is 4.18. The summed E-state index contributed by atoms with van der Waals surface area (Å²) >= 11 is 0. The molecule has 2 aromatic carbocycles. The Kier molecular flexibility index (Phi) is 5.65. The van der Waals surface area contributed by atoms with Crippen molar-refractivity contribution in [2.75, 3.05) is 6.54 Å². The first-order valence-corrected chi connectivity index (χ1v) is 10.5. The lowest BCUT2D eigenvalue weighted by Crippen LogP contribution is -2.49. The normalized spacial score (nSPS) is 19.6. The van der Waals surface area contributed by atoms with Crippen LogP contribution in [0.5, 0.6) is 0 Å². The number of para-hydroxylation sites is 1. The van der Waals surface area contributed by atoms with Crippen molar-refractivity contribution in [3.05, 3.63) is 76.5 Å². The molecule has 0 fully saturated rings. The van der Waals surface area contributed by atoms with Crippen LogP contribution in [0, 0.1) is 11.6 Å². The molecular weight excluding hydrogens is 414 g/mol. The molecule has 5 nitrogen and oxygen atoms in total. The molecule has 0 amide bonds. The summed E-state index contributed by atoms with van der Waals surface area (Å²) in [5.41, 5.74) is 1.54. The molecule has 2 heterocycles. The van der Waals surface area contributed by atoms with E-state index in [0.717, 1.165) is 40.8 Å². The van der Waals surface area contributed by atoms with E-state index >= 15 is 8.78 Å². The first kappa shape index (κ1) is 22.2. The number of carboxylic acid groups (broad SMARTS) is 1. The SMILES string of the molecule is C[C@@H]1Cc2c([nH]c3ccccc23)[C@@H](c2c(F)cc(/C=C/C(=O)O)cc2F)N1CC(C)(C)O. The van der Waals surface area contributed by atoms with E-state index in [4.69, 9.17) is 5.11 Å². The van der Waals surface area contributed by atoms with Gasteiger partial charge in [0.15, 0.2) is 0 Å². The summed E-state index contributed by atoms with van der Waals surface area (Å²) in [6.45, 7) is 5.55. The number of β-amino-alcohol motifs (C(OH)–C–C–N with tert-alkyl or cyclic N) is 1. The largest absolute Gasteiger partial charge is 0.478 e. The van der Waals surface area contributed by atoms with Crippen LogP contribution >= 0.6 is 0 Å². The zero-order valence-corrected chi connectivity index (χ0v) is 18.2. The van der Waals surface area contributed by atoms with Gasteiger partial charge in [0.2, 0.25) is 0 Å². The number of halogens is 2. The Morgan fingerprint density at radius 1 is 1.25 bits per heavy atom. The molecule has 7 heteroatoms. The van der Waals surface area contributed by atoms with Gasteiger partial charge in [-0.25, -0.2) is 13.6 Å². The highest BCUT2D eigenvalue weighted by Crippen LogP contribution is 2.43. The minimum atomic E-state index is -1.20. The van der Waals surface area contributed by atoms with Crippen LogP contribution in [-0.2, 0) is 11.2 Å². The molecule has 3 aromatic rings. The predicted octanol–water partition coefficient (Wildman–Crippen LogP) is 4.65. The lowest BCUT2D eigenvalue weighted by Gasteiger charge is -2.43. The molecule has 32 heavy (non-hydrogen) atoms. The smallest absolute Gasteiger partial charge is 0.328 e. The summed E-state index contributed by atoms with van der Waals surface area (Å²) in [6, 6.07) is 9.19. The van der Waals surface area contributed by atoms with E-state index in [-0.39, 0.29) is 23.7 Å². The summed E-state index contributed by atoms with van der Waals surface area (Å²) < 4.78 is 30.8. The number of aromatic nitrogens is 1. The van der Waals surface area contributed by atoms with Crippen LogP contribution in [0.3, 0.4) is 0 Å². The number of aliphatic hydroxyl groups is 1. The second kappa shape index (κ2) is 8.15. The molecule has 0 spiro atoms. The molecule has 2 atom stereocenters. The molecule has 3 N–H and O–H groups in total. The fourth-order valence-corrected chi connectivity index (χ4v) is 4.64. The molecule has 168 valence electrons. The van der Waals surface area contributed by atoms with Crippen molar-refractivity contribution >= 4 is 22.9 Å². The summed E-state index contributed by atoms with van der Waals surface area (Å²) in [4.78, 5) is 16.1. The van der Waals surface area contributed by atoms with Gasteiger partial charge >= 0.3 is 5.97 Å². The molecule has 0 saturated carbocycles. The van der Waals surface area contributed by atoms with Gasteiger partial charge in [0.05, 0.1) is 11.6 Å². The maximum Gasteiger partial charge on any atom is 0.328 e. The van der Waals surface area contributed by atoms with Gasteiger partial charge in [-0.15, -0.1) is 0 Å². The highest BCUT2D eigenvalue weighted by Gasteiger charge is 2.40. The van der Waals surface area contributed by atoms with Crippen molar-refractivity contribution in [2.45, 2.75) is 44.9 Å². The molecule has 4 rings (SSSR count). The van der Waals surface area contributed by atoms with E-state index in [2.05, 4.69) is 4.98 Å². The van der Waals surface area contributed by atoms with Gasteiger partial charge in [0, 0.05) is 40.8 Å². The topological polar surface area (TPSA) is 76.6 Å². The second-order valence-electron chi connectivity index (χ2n) is 9.07. The average molecular weight is 440 g/mol. The highest BCUT2D eigenvalue weighted by atomic mass is 19.1. The number of aromatic amines is 1. The van der Waals surface area contributed by atoms with Crippen LogP contribution < -0.4 is 0 Å². The van der Waals surface area contributed by atoms with Crippen LogP contribution in [0.4, 0.5) is 8.78 Å². The minimum absolute atomic E-state index is 0.0801. The number of hydrogen-bond acceptors (Lipinski definition) is 3. The molecule has 0 unspecified atom stereocenters. The number of nitrogens with one attached hydrogen (secondary N) is 1. The fraction of sp³-hybridized carbons (Fsp3) is 0.320. The number of benzene rings is 2. The maximum absolute atomic E-state index is 15.4. The summed E-state index contributed by atoms with van der Waals surface area (Å²) in [6.07, 6.45) is 2.67. The number of carbonyl (C=O) groups is 1. The van der Waals surface area contributed by atoms with E-state index in [1.54, 1.807) is 13.8 Å². The first-order chi connectivity index (χ1) is 15.0. The van der Waals surface area contributed by atoms with Gasteiger partial charge in [-0.3, -0.25) is 4.90 Å². The Hall–Kier alpha value is -3.03. The van der Waals surface area contributed by atoms with Gasteiger partial charge in [0.25, 0.3) is 0 Å². The maximum atomic E-state index is 15.4. The van der Waals surface area contributed by atoms with E-state index < -0.39 is 29.2 Å². The van der Waals surface area contributed by atoms with Crippen molar-refractivity contribution < 1.29 is 23.8 Å². The Morgan fingerprint density at radius 3 is 2.53 bits per heavy atom. The minimum Gasteiger partial charge on any atom is -0.478 e. The Labute approximate surface area is 185 Å². The average Bonchev–Trinajstić information content (AvgIpc) is 3.05. The number of fused-ring (bicyclic) bond motifs is 3. The first-order valence-electron chi connectivity index (χ1n) is 10.5. The van der Waals surface area contributed by atoms with Gasteiger partial charge in [-0.1, -0.05) is 18.2 Å². The summed E-state index contributed by atoms with van der Waals surface area (Å²) in [7, 11) is 0. The monoisotopic (exact) mass is 440 g/mol. The quantitative estimate of drug-likeness (QED) is 0.505. The van der Waals surface area contributed by atoms with E-state index in [0.29, 0.717) is 12.1 Å². The summed E-state index contributed by atoms with van der Waals surface area (Å²) in [5, 5.41) is 20.4. The van der Waals surface area contributed by atoms with Crippen LogP contribution in [0.15, 0.2) is 42.5 Å². The van der Waals surface area contributed by atoms with Gasteiger partial charge in [-0.2, -0.15) is 0 Å². The van der Waals surface area contributed by atoms with E-state index in [1.807, 2.05) is 36.1 Å². The molecule has 0 radical (unpaired) electrons. The number of rotatable bonds is 5. The molecule has 0 bridgehead atoms. The molecule has 1 aromatic heterocycles. The Bertz CT molecular complexity index is 1190. The third-order valence-electron chi connectivity index (χ3n) is 5.88. The van der Waals surface area contributed by atoms with E-state index in [9.17, 15) is 9.90 Å². The van der Waals surface area contributed by atoms with Crippen LogP contribution in [0.1, 0.15) is 49.2 Å². The number of aliphatic carboxylic acids is 1. The van der Waals surface area contributed by atoms with Gasteiger partial charge in [0.1, 0.15) is 11.6 Å². The zero-order chi connectivity index (χ0) is 23.2. The summed E-state index contributed by atoms with van der Waals surface area (Å²) in [5.74, 6) is -2.73. The van der Waals surface area contributed by atoms with Crippen molar-refractivity contribution in [3.63, 3.8) is 0 Å². The van der Waals surface area contributed by atoms with Gasteiger partial charge in [-0.05, 0) is 62.6 Å². The second-order valence-corrected chi connectivity index (χ2v) is 9.07. The predicted molar refractivity (Wildman–Crippen MR) is 119 cm³/mol. The fourth-order valence-electron chi connectivity index (χ4n) is 4.64. The number of carboxylic acids is 1.